The maximum absolute atomic E-state index is 13.1. The van der Waals surface area contributed by atoms with Gasteiger partial charge in [0.15, 0.2) is 0 Å². The number of rotatable bonds is 3. The van der Waals surface area contributed by atoms with E-state index in [1.807, 2.05) is 12.1 Å². The molecule has 0 aliphatic heterocycles. The van der Waals surface area contributed by atoms with E-state index in [0.29, 0.717) is 6.54 Å². The molecule has 0 aliphatic carbocycles. The predicted octanol–water partition coefficient (Wildman–Crippen LogP) is 3.47. The number of benzene rings is 1. The summed E-state index contributed by atoms with van der Waals surface area (Å²) in [7, 11) is 0. The van der Waals surface area contributed by atoms with Crippen molar-refractivity contribution in [1.29, 1.82) is 0 Å². The van der Waals surface area contributed by atoms with Gasteiger partial charge in [-0.25, -0.2) is 14.4 Å². The van der Waals surface area contributed by atoms with Crippen molar-refractivity contribution in [2.75, 3.05) is 0 Å². The van der Waals surface area contributed by atoms with Gasteiger partial charge in [-0.1, -0.05) is 12.1 Å². The van der Waals surface area contributed by atoms with Crippen LogP contribution in [-0.4, -0.2) is 9.97 Å². The fourth-order valence-electron chi connectivity index (χ4n) is 2.00. The smallest absolute Gasteiger partial charge is 0.123 e. The predicted molar refractivity (Wildman–Crippen MR) is 78.6 cm³/mol. The lowest BCUT2D eigenvalue weighted by atomic mass is 10.0. The first-order valence-electron chi connectivity index (χ1n) is 6.13. The van der Waals surface area contributed by atoms with Crippen molar-refractivity contribution in [3.05, 3.63) is 59.6 Å². The molecule has 1 aromatic carbocycles. The first-order valence-corrected chi connectivity index (χ1v) is 6.94. The van der Waals surface area contributed by atoms with Gasteiger partial charge in [-0.05, 0) is 29.8 Å². The molecule has 0 unspecified atom stereocenters. The summed E-state index contributed by atoms with van der Waals surface area (Å²) >= 11 is 1.60. The van der Waals surface area contributed by atoms with Crippen LogP contribution in [-0.2, 0) is 6.54 Å². The van der Waals surface area contributed by atoms with Crippen molar-refractivity contribution in [2.24, 2.45) is 5.73 Å². The number of hydrogen-bond donors (Lipinski definition) is 1. The van der Waals surface area contributed by atoms with E-state index in [9.17, 15) is 4.39 Å². The Morgan fingerprint density at radius 1 is 1.15 bits per heavy atom. The highest BCUT2D eigenvalue weighted by molar-refractivity contribution is 7.16. The van der Waals surface area contributed by atoms with Crippen LogP contribution in [0.4, 0.5) is 4.39 Å². The molecule has 5 heteroatoms. The molecule has 0 bridgehead atoms. The molecule has 0 aliphatic rings. The van der Waals surface area contributed by atoms with Crippen LogP contribution in [0.2, 0.25) is 0 Å². The van der Waals surface area contributed by atoms with Gasteiger partial charge in [-0.3, -0.25) is 0 Å². The first kappa shape index (κ1) is 12.9. The van der Waals surface area contributed by atoms with E-state index >= 15 is 0 Å². The lowest BCUT2D eigenvalue weighted by Crippen LogP contribution is -1.91. The van der Waals surface area contributed by atoms with Crippen molar-refractivity contribution in [1.82, 2.24) is 9.97 Å². The number of hydrogen-bond acceptors (Lipinski definition) is 4. The van der Waals surface area contributed by atoms with E-state index < -0.39 is 0 Å². The van der Waals surface area contributed by atoms with Gasteiger partial charge in [-0.15, -0.1) is 11.3 Å². The molecular weight excluding hydrogens is 273 g/mol. The van der Waals surface area contributed by atoms with Crippen LogP contribution in [0.3, 0.4) is 0 Å². The molecule has 2 N–H and O–H groups in total. The Morgan fingerprint density at radius 2 is 1.95 bits per heavy atom. The average Bonchev–Trinajstić information content (AvgIpc) is 2.93. The zero-order valence-corrected chi connectivity index (χ0v) is 11.4. The summed E-state index contributed by atoms with van der Waals surface area (Å²) in [5, 5.41) is 0. The summed E-state index contributed by atoms with van der Waals surface area (Å²) in [4.78, 5) is 10.3. The third kappa shape index (κ3) is 2.45. The van der Waals surface area contributed by atoms with Crippen LogP contribution in [0.25, 0.3) is 21.7 Å². The standard InChI is InChI=1S/C15H12FN3S/c16-11-3-1-10(2-4-11)13-7-12(8-17)20-15(13)14-5-6-18-9-19-14/h1-7,9H,8,17H2. The Hall–Kier alpha value is -2.11. The average molecular weight is 285 g/mol. The lowest BCUT2D eigenvalue weighted by Gasteiger charge is -2.03. The van der Waals surface area contributed by atoms with Gasteiger partial charge in [0.25, 0.3) is 0 Å². The Bertz CT molecular complexity index is 708. The largest absolute Gasteiger partial charge is 0.326 e. The Kier molecular flexibility index (Phi) is 3.54. The van der Waals surface area contributed by atoms with Crippen molar-refractivity contribution < 1.29 is 4.39 Å². The lowest BCUT2D eigenvalue weighted by molar-refractivity contribution is 0.628. The first-order chi connectivity index (χ1) is 9.78. The number of halogens is 1. The van der Waals surface area contributed by atoms with Crippen LogP contribution < -0.4 is 5.73 Å². The third-order valence-corrected chi connectivity index (χ3v) is 4.13. The normalized spacial score (nSPS) is 10.7. The Labute approximate surface area is 119 Å². The molecule has 0 atom stereocenters. The summed E-state index contributed by atoms with van der Waals surface area (Å²) in [6.45, 7) is 0.476. The molecule has 2 heterocycles. The van der Waals surface area contributed by atoms with E-state index in [1.54, 1.807) is 29.7 Å². The summed E-state index contributed by atoms with van der Waals surface area (Å²) in [5.41, 5.74) is 8.56. The maximum Gasteiger partial charge on any atom is 0.123 e. The molecular formula is C15H12FN3S. The zero-order valence-electron chi connectivity index (χ0n) is 10.6. The van der Waals surface area contributed by atoms with Gasteiger partial charge in [0.1, 0.15) is 12.1 Å². The Balaban J connectivity index is 2.15. The van der Waals surface area contributed by atoms with Gasteiger partial charge in [0.05, 0.1) is 10.6 Å². The molecule has 0 spiro atoms. The van der Waals surface area contributed by atoms with Crippen molar-refractivity contribution in [2.45, 2.75) is 6.54 Å². The van der Waals surface area contributed by atoms with Crippen LogP contribution >= 0.6 is 11.3 Å². The number of nitrogens with zero attached hydrogens (tertiary/aromatic N) is 2. The van der Waals surface area contributed by atoms with Gasteiger partial charge in [0, 0.05) is 23.2 Å². The summed E-state index contributed by atoms with van der Waals surface area (Å²) in [6, 6.07) is 10.3. The van der Waals surface area contributed by atoms with Gasteiger partial charge in [0.2, 0.25) is 0 Å². The van der Waals surface area contributed by atoms with E-state index in [4.69, 9.17) is 5.73 Å². The minimum Gasteiger partial charge on any atom is -0.326 e. The van der Waals surface area contributed by atoms with Gasteiger partial charge >= 0.3 is 0 Å². The number of aromatic nitrogens is 2. The van der Waals surface area contributed by atoms with E-state index in [0.717, 1.165) is 26.6 Å². The molecule has 0 radical (unpaired) electrons. The molecule has 2 aromatic heterocycles. The monoisotopic (exact) mass is 285 g/mol. The topological polar surface area (TPSA) is 51.8 Å². The highest BCUT2D eigenvalue weighted by atomic mass is 32.1. The minimum absolute atomic E-state index is 0.244. The molecule has 3 nitrogen and oxygen atoms in total. The molecule has 3 rings (SSSR count). The second-order valence-corrected chi connectivity index (χ2v) is 5.40. The highest BCUT2D eigenvalue weighted by Gasteiger charge is 2.13. The van der Waals surface area contributed by atoms with Crippen LogP contribution in [0, 0.1) is 5.82 Å². The minimum atomic E-state index is -0.244. The van der Waals surface area contributed by atoms with Crippen LogP contribution in [0.1, 0.15) is 4.88 Å². The molecule has 0 fully saturated rings. The third-order valence-electron chi connectivity index (χ3n) is 2.95. The fraction of sp³-hybridized carbons (Fsp3) is 0.0667. The highest BCUT2D eigenvalue weighted by Crippen LogP contribution is 2.38. The van der Waals surface area contributed by atoms with E-state index in [-0.39, 0.29) is 5.82 Å². The second kappa shape index (κ2) is 5.48. The van der Waals surface area contributed by atoms with Gasteiger partial charge < -0.3 is 5.73 Å². The molecule has 100 valence electrons. The van der Waals surface area contributed by atoms with Crippen LogP contribution in [0.15, 0.2) is 48.9 Å². The van der Waals surface area contributed by atoms with Crippen molar-refractivity contribution >= 4 is 11.3 Å². The van der Waals surface area contributed by atoms with Crippen molar-refractivity contribution in [3.8, 4) is 21.7 Å². The summed E-state index contributed by atoms with van der Waals surface area (Å²) < 4.78 is 13.1. The maximum atomic E-state index is 13.1. The summed E-state index contributed by atoms with van der Waals surface area (Å²) in [6.07, 6.45) is 3.23. The molecule has 0 saturated heterocycles. The molecule has 0 amide bonds. The molecule has 3 aromatic rings. The van der Waals surface area contributed by atoms with Crippen molar-refractivity contribution in [3.63, 3.8) is 0 Å². The Morgan fingerprint density at radius 3 is 2.60 bits per heavy atom. The number of thiophene rings is 1. The fourth-order valence-corrected chi connectivity index (χ4v) is 3.04. The summed E-state index contributed by atoms with van der Waals surface area (Å²) in [5.74, 6) is -0.244. The second-order valence-electron chi connectivity index (χ2n) is 4.26. The van der Waals surface area contributed by atoms with E-state index in [2.05, 4.69) is 9.97 Å². The van der Waals surface area contributed by atoms with Gasteiger partial charge in [-0.2, -0.15) is 0 Å². The molecule has 20 heavy (non-hydrogen) atoms. The quantitative estimate of drug-likeness (QED) is 0.801. The zero-order chi connectivity index (χ0) is 13.9. The van der Waals surface area contributed by atoms with E-state index in [1.165, 1.54) is 18.5 Å². The molecule has 0 saturated carbocycles. The number of nitrogens with two attached hydrogens (primary N) is 1. The SMILES string of the molecule is NCc1cc(-c2ccc(F)cc2)c(-c2ccncn2)s1. The van der Waals surface area contributed by atoms with Crippen LogP contribution in [0.5, 0.6) is 0 Å².